The first-order valence-electron chi connectivity index (χ1n) is 6.74. The van der Waals surface area contributed by atoms with E-state index in [2.05, 4.69) is 22.5 Å². The molecule has 0 aromatic rings. The van der Waals surface area contributed by atoms with E-state index in [0.717, 1.165) is 13.1 Å². The molecule has 1 heterocycles. The first-order valence-corrected chi connectivity index (χ1v) is 6.74. The van der Waals surface area contributed by atoms with Gasteiger partial charge >= 0.3 is 0 Å². The lowest BCUT2D eigenvalue weighted by atomic mass is 10.0. The molecule has 1 rings (SSSR count). The first-order chi connectivity index (χ1) is 7.95. The Morgan fingerprint density at radius 2 is 1.94 bits per heavy atom. The quantitative estimate of drug-likeness (QED) is 0.728. The van der Waals surface area contributed by atoms with Crippen LogP contribution in [0.4, 0.5) is 0 Å². The molecule has 1 saturated heterocycles. The number of hydrogen-bond acceptors (Lipinski definition) is 3. The second-order valence-corrected chi connectivity index (χ2v) is 5.54. The summed E-state index contributed by atoms with van der Waals surface area (Å²) in [5.41, 5.74) is -0.478. The molecule has 17 heavy (non-hydrogen) atoms. The van der Waals surface area contributed by atoms with E-state index >= 15 is 0 Å². The minimum atomic E-state index is -0.478. The molecule has 0 aliphatic carbocycles. The van der Waals surface area contributed by atoms with Crippen molar-refractivity contribution in [1.29, 1.82) is 0 Å². The van der Waals surface area contributed by atoms with Crippen LogP contribution in [0.3, 0.4) is 0 Å². The number of likely N-dealkylation sites (tertiary alicyclic amines) is 1. The second-order valence-electron chi connectivity index (χ2n) is 5.54. The number of carbonyl (C=O) groups is 1. The van der Waals surface area contributed by atoms with E-state index in [1.54, 1.807) is 0 Å². The van der Waals surface area contributed by atoms with Crippen LogP contribution in [0.1, 0.15) is 40.5 Å². The third-order valence-corrected chi connectivity index (χ3v) is 3.29. The predicted octanol–water partition coefficient (Wildman–Crippen LogP) is 0.975. The fraction of sp³-hybridized carbons (Fsp3) is 0.923. The number of nitrogens with zero attached hydrogens (tertiary/aromatic N) is 1. The third-order valence-electron chi connectivity index (χ3n) is 3.29. The maximum atomic E-state index is 12.0. The maximum Gasteiger partial charge on any atom is 0.239 e. The summed E-state index contributed by atoms with van der Waals surface area (Å²) in [6.07, 6.45) is 2.59. The van der Waals surface area contributed by atoms with Crippen molar-refractivity contribution in [3.05, 3.63) is 0 Å². The number of rotatable bonds is 6. The molecule has 0 bridgehead atoms. The zero-order chi connectivity index (χ0) is 12.9. The van der Waals surface area contributed by atoms with Gasteiger partial charge in [0.1, 0.15) is 0 Å². The van der Waals surface area contributed by atoms with Gasteiger partial charge in [0, 0.05) is 12.6 Å². The van der Waals surface area contributed by atoms with Crippen LogP contribution in [0.25, 0.3) is 0 Å². The van der Waals surface area contributed by atoms with Crippen molar-refractivity contribution in [2.75, 3.05) is 26.2 Å². The Balaban J connectivity index is 2.33. The summed E-state index contributed by atoms with van der Waals surface area (Å²) < 4.78 is 0. The molecule has 4 nitrogen and oxygen atoms in total. The molecule has 0 aromatic heterocycles. The number of hydrogen-bond donors (Lipinski definition) is 2. The number of carbonyl (C=O) groups excluding carboxylic acids is 1. The number of nitrogens with one attached hydrogen (secondary N) is 2. The van der Waals surface area contributed by atoms with Crippen molar-refractivity contribution in [2.45, 2.75) is 52.1 Å². The maximum absolute atomic E-state index is 12.0. The van der Waals surface area contributed by atoms with Crippen LogP contribution in [-0.4, -0.2) is 48.6 Å². The summed E-state index contributed by atoms with van der Waals surface area (Å²) in [6, 6.07) is 0.221. The van der Waals surface area contributed by atoms with Gasteiger partial charge in [0.2, 0.25) is 5.91 Å². The monoisotopic (exact) mass is 241 g/mol. The van der Waals surface area contributed by atoms with Crippen LogP contribution in [0.2, 0.25) is 0 Å². The van der Waals surface area contributed by atoms with Crippen LogP contribution in [0.5, 0.6) is 0 Å². The topological polar surface area (TPSA) is 44.4 Å². The summed E-state index contributed by atoms with van der Waals surface area (Å²) in [4.78, 5) is 14.5. The van der Waals surface area contributed by atoms with Crippen LogP contribution in [0.15, 0.2) is 0 Å². The Morgan fingerprint density at radius 1 is 1.35 bits per heavy atom. The second kappa shape index (κ2) is 6.36. The van der Waals surface area contributed by atoms with E-state index in [4.69, 9.17) is 0 Å². The summed E-state index contributed by atoms with van der Waals surface area (Å²) in [5.74, 6) is 0.0889. The van der Waals surface area contributed by atoms with Crippen molar-refractivity contribution in [1.82, 2.24) is 15.5 Å². The fourth-order valence-electron chi connectivity index (χ4n) is 2.32. The highest BCUT2D eigenvalue weighted by Crippen LogP contribution is 2.08. The van der Waals surface area contributed by atoms with Crippen molar-refractivity contribution >= 4 is 5.91 Å². The molecule has 0 radical (unpaired) electrons. The van der Waals surface area contributed by atoms with Gasteiger partial charge in [0.05, 0.1) is 5.54 Å². The average molecular weight is 241 g/mol. The molecule has 1 aliphatic heterocycles. The van der Waals surface area contributed by atoms with Gasteiger partial charge in [-0.2, -0.15) is 0 Å². The Hall–Kier alpha value is -0.610. The third kappa shape index (κ3) is 4.64. The van der Waals surface area contributed by atoms with Gasteiger partial charge in [-0.05, 0) is 53.2 Å². The van der Waals surface area contributed by atoms with Crippen molar-refractivity contribution in [2.24, 2.45) is 0 Å². The van der Waals surface area contributed by atoms with Crippen LogP contribution in [0, 0.1) is 0 Å². The molecule has 0 spiro atoms. The van der Waals surface area contributed by atoms with Gasteiger partial charge in [-0.1, -0.05) is 6.92 Å². The van der Waals surface area contributed by atoms with Gasteiger partial charge in [-0.25, -0.2) is 0 Å². The lowest BCUT2D eigenvalue weighted by molar-refractivity contribution is -0.127. The summed E-state index contributed by atoms with van der Waals surface area (Å²) >= 11 is 0. The van der Waals surface area contributed by atoms with Crippen LogP contribution in [-0.2, 0) is 4.79 Å². The van der Waals surface area contributed by atoms with E-state index in [0.29, 0.717) is 0 Å². The Labute approximate surface area is 105 Å². The molecule has 1 aliphatic rings. The van der Waals surface area contributed by atoms with Gasteiger partial charge in [-0.15, -0.1) is 0 Å². The minimum Gasteiger partial charge on any atom is -0.351 e. The minimum absolute atomic E-state index is 0.0889. The lowest BCUT2D eigenvalue weighted by Gasteiger charge is -2.28. The molecule has 0 saturated carbocycles. The molecule has 4 heteroatoms. The molecule has 0 aromatic carbocycles. The van der Waals surface area contributed by atoms with Crippen molar-refractivity contribution < 1.29 is 4.79 Å². The van der Waals surface area contributed by atoms with E-state index in [1.165, 1.54) is 25.9 Å². The smallest absolute Gasteiger partial charge is 0.239 e. The van der Waals surface area contributed by atoms with Gasteiger partial charge < -0.3 is 15.5 Å². The van der Waals surface area contributed by atoms with Gasteiger partial charge in [0.15, 0.2) is 0 Å². The fourth-order valence-corrected chi connectivity index (χ4v) is 2.32. The molecule has 100 valence electrons. The van der Waals surface area contributed by atoms with E-state index in [1.807, 2.05) is 20.8 Å². The standard InChI is InChI=1S/C13H27N3O/c1-5-14-13(3,4)12(17)15-11(2)10-16-8-6-7-9-16/h11,14H,5-10H2,1-4H3,(H,15,17). The largest absolute Gasteiger partial charge is 0.351 e. The Bertz CT molecular complexity index is 247. The van der Waals surface area contributed by atoms with E-state index < -0.39 is 5.54 Å². The normalized spacial score (nSPS) is 19.3. The highest BCUT2D eigenvalue weighted by Gasteiger charge is 2.27. The molecular weight excluding hydrogens is 214 g/mol. The lowest BCUT2D eigenvalue weighted by Crippen LogP contribution is -2.55. The van der Waals surface area contributed by atoms with Crippen LogP contribution >= 0.6 is 0 Å². The summed E-state index contributed by atoms with van der Waals surface area (Å²) in [6.45, 7) is 12.1. The number of likely N-dealkylation sites (N-methyl/N-ethyl adjacent to an activating group) is 1. The SMILES string of the molecule is CCNC(C)(C)C(=O)NC(C)CN1CCCC1. The summed E-state index contributed by atoms with van der Waals surface area (Å²) in [7, 11) is 0. The molecule has 1 atom stereocenters. The molecule has 1 fully saturated rings. The van der Waals surface area contributed by atoms with Crippen molar-refractivity contribution in [3.8, 4) is 0 Å². The van der Waals surface area contributed by atoms with E-state index in [9.17, 15) is 4.79 Å². The first kappa shape index (κ1) is 14.5. The predicted molar refractivity (Wildman–Crippen MR) is 71.0 cm³/mol. The van der Waals surface area contributed by atoms with Gasteiger partial charge in [-0.3, -0.25) is 4.79 Å². The highest BCUT2D eigenvalue weighted by molar-refractivity contribution is 5.85. The van der Waals surface area contributed by atoms with Crippen LogP contribution < -0.4 is 10.6 Å². The zero-order valence-corrected chi connectivity index (χ0v) is 11.7. The van der Waals surface area contributed by atoms with E-state index in [-0.39, 0.29) is 11.9 Å². The molecule has 1 amide bonds. The molecule has 2 N–H and O–H groups in total. The summed E-state index contributed by atoms with van der Waals surface area (Å²) in [5, 5.41) is 6.28. The Kier molecular flexibility index (Phi) is 5.40. The average Bonchev–Trinajstić information content (AvgIpc) is 2.69. The molecule has 1 unspecified atom stereocenters. The Morgan fingerprint density at radius 3 is 2.47 bits per heavy atom. The number of amides is 1. The van der Waals surface area contributed by atoms with Gasteiger partial charge in [0.25, 0.3) is 0 Å². The zero-order valence-electron chi connectivity index (χ0n) is 11.7. The highest BCUT2D eigenvalue weighted by atomic mass is 16.2. The van der Waals surface area contributed by atoms with Crippen molar-refractivity contribution in [3.63, 3.8) is 0 Å². The molecular formula is C13H27N3O.